The Morgan fingerprint density at radius 2 is 1.83 bits per heavy atom. The van der Waals surface area contributed by atoms with Crippen molar-refractivity contribution in [1.82, 2.24) is 9.88 Å². The van der Waals surface area contributed by atoms with Crippen LogP contribution in [0.15, 0.2) is 36.5 Å². The lowest BCUT2D eigenvalue weighted by molar-refractivity contribution is 0.0792. The molecule has 1 aromatic carbocycles. The maximum atomic E-state index is 12.4. The first-order valence-corrected chi connectivity index (χ1v) is 8.32. The van der Waals surface area contributed by atoms with E-state index in [0.717, 1.165) is 25.9 Å². The van der Waals surface area contributed by atoms with E-state index in [4.69, 9.17) is 23.2 Å². The first kappa shape index (κ1) is 16.7. The number of nitrogens with zero attached hydrogens (tertiary/aromatic N) is 2. The van der Waals surface area contributed by atoms with Crippen molar-refractivity contribution in [3.05, 3.63) is 57.8 Å². The fraction of sp³-hybridized carbons (Fsp3) is 0.235. The van der Waals surface area contributed by atoms with Crippen molar-refractivity contribution in [2.75, 3.05) is 18.4 Å². The van der Waals surface area contributed by atoms with Crippen molar-refractivity contribution in [1.29, 1.82) is 0 Å². The third-order valence-electron chi connectivity index (χ3n) is 3.81. The number of carbonyl (C=O) groups excluding carboxylic acids is 2. The van der Waals surface area contributed by atoms with Crippen LogP contribution < -0.4 is 5.32 Å². The van der Waals surface area contributed by atoms with Crippen LogP contribution in [0.1, 0.15) is 33.7 Å². The fourth-order valence-corrected chi connectivity index (χ4v) is 2.91. The van der Waals surface area contributed by atoms with Crippen molar-refractivity contribution in [2.24, 2.45) is 0 Å². The van der Waals surface area contributed by atoms with Crippen LogP contribution in [0.25, 0.3) is 0 Å². The van der Waals surface area contributed by atoms with E-state index >= 15 is 0 Å². The van der Waals surface area contributed by atoms with Crippen molar-refractivity contribution < 1.29 is 9.59 Å². The number of benzene rings is 1. The zero-order valence-electron chi connectivity index (χ0n) is 12.8. The molecule has 1 aliphatic heterocycles. The molecule has 0 radical (unpaired) electrons. The minimum Gasteiger partial charge on any atom is -0.339 e. The SMILES string of the molecule is O=C(Nc1cc(Cl)ccc1Cl)c1cc(C(=O)N2CCCC2)ccn1. The quantitative estimate of drug-likeness (QED) is 0.899. The van der Waals surface area contributed by atoms with Crippen LogP contribution in [-0.4, -0.2) is 34.8 Å². The molecule has 2 aromatic rings. The average molecular weight is 364 g/mol. The second-order valence-corrected chi connectivity index (χ2v) is 6.35. The van der Waals surface area contributed by atoms with Gasteiger partial charge in [-0.15, -0.1) is 0 Å². The summed E-state index contributed by atoms with van der Waals surface area (Å²) in [5, 5.41) is 3.49. The van der Waals surface area contributed by atoms with Gasteiger partial charge in [-0.3, -0.25) is 14.6 Å². The number of pyridine rings is 1. The van der Waals surface area contributed by atoms with Gasteiger partial charge in [-0.2, -0.15) is 0 Å². The Kier molecular flexibility index (Phi) is 5.02. The minimum atomic E-state index is -0.449. The van der Waals surface area contributed by atoms with Crippen LogP contribution in [0, 0.1) is 0 Å². The predicted molar refractivity (Wildman–Crippen MR) is 93.8 cm³/mol. The number of amides is 2. The number of nitrogens with one attached hydrogen (secondary N) is 1. The molecular formula is C17H15Cl2N3O2. The molecule has 0 atom stereocenters. The molecule has 0 saturated carbocycles. The second-order valence-electron chi connectivity index (χ2n) is 5.51. The lowest BCUT2D eigenvalue weighted by Gasteiger charge is -2.15. The standard InChI is InChI=1S/C17H15Cl2N3O2/c18-12-3-4-13(19)14(10-12)21-16(23)15-9-11(5-6-20-15)17(24)22-7-1-2-8-22/h3-6,9-10H,1-2,7-8H2,(H,21,23). The van der Waals surface area contributed by atoms with E-state index < -0.39 is 5.91 Å². The Labute approximate surface area is 149 Å². The number of likely N-dealkylation sites (tertiary alicyclic amines) is 1. The number of aromatic nitrogens is 1. The van der Waals surface area contributed by atoms with Gasteiger partial charge in [-0.05, 0) is 43.2 Å². The largest absolute Gasteiger partial charge is 0.339 e. The Hall–Kier alpha value is -2.11. The summed E-state index contributed by atoms with van der Waals surface area (Å²) in [5.74, 6) is -0.528. The molecule has 2 heterocycles. The van der Waals surface area contributed by atoms with Crippen LogP contribution in [0.4, 0.5) is 5.69 Å². The summed E-state index contributed by atoms with van der Waals surface area (Å²) in [7, 11) is 0. The molecule has 0 aliphatic carbocycles. The first-order chi connectivity index (χ1) is 11.5. The van der Waals surface area contributed by atoms with Crippen molar-refractivity contribution in [2.45, 2.75) is 12.8 Å². The third kappa shape index (κ3) is 3.68. The highest BCUT2D eigenvalue weighted by molar-refractivity contribution is 6.35. The molecule has 0 bridgehead atoms. The lowest BCUT2D eigenvalue weighted by Crippen LogP contribution is -2.28. The highest BCUT2D eigenvalue weighted by atomic mass is 35.5. The molecule has 1 N–H and O–H groups in total. The molecule has 1 aliphatic rings. The number of rotatable bonds is 3. The lowest BCUT2D eigenvalue weighted by atomic mass is 10.2. The summed E-state index contributed by atoms with van der Waals surface area (Å²) < 4.78 is 0. The molecule has 5 nitrogen and oxygen atoms in total. The van der Waals surface area contributed by atoms with Gasteiger partial charge in [0.05, 0.1) is 10.7 Å². The van der Waals surface area contributed by atoms with Crippen LogP contribution in [0.5, 0.6) is 0 Å². The maximum absolute atomic E-state index is 12.4. The zero-order chi connectivity index (χ0) is 17.1. The van der Waals surface area contributed by atoms with E-state index in [9.17, 15) is 9.59 Å². The van der Waals surface area contributed by atoms with Gasteiger partial charge in [0.25, 0.3) is 11.8 Å². The fourth-order valence-electron chi connectivity index (χ4n) is 2.57. The van der Waals surface area contributed by atoms with Crippen LogP contribution in [0.3, 0.4) is 0 Å². The van der Waals surface area contributed by atoms with Gasteiger partial charge in [0.2, 0.25) is 0 Å². The molecule has 1 aromatic heterocycles. The Morgan fingerprint density at radius 3 is 2.58 bits per heavy atom. The average Bonchev–Trinajstić information content (AvgIpc) is 3.12. The molecule has 3 rings (SSSR count). The smallest absolute Gasteiger partial charge is 0.274 e. The number of hydrogen-bond acceptors (Lipinski definition) is 3. The van der Waals surface area contributed by atoms with Gasteiger partial charge in [0.1, 0.15) is 5.69 Å². The zero-order valence-corrected chi connectivity index (χ0v) is 14.3. The molecule has 0 unspecified atom stereocenters. The van der Waals surface area contributed by atoms with Crippen LogP contribution >= 0.6 is 23.2 Å². The van der Waals surface area contributed by atoms with Crippen molar-refractivity contribution in [3.8, 4) is 0 Å². The summed E-state index contributed by atoms with van der Waals surface area (Å²) in [5.41, 5.74) is 0.998. The Balaban J connectivity index is 1.79. The van der Waals surface area contributed by atoms with E-state index in [1.807, 2.05) is 0 Å². The summed E-state index contributed by atoms with van der Waals surface area (Å²) in [6, 6.07) is 7.90. The van der Waals surface area contributed by atoms with Crippen LogP contribution in [0.2, 0.25) is 10.0 Å². The maximum Gasteiger partial charge on any atom is 0.274 e. The molecule has 1 saturated heterocycles. The normalized spacial score (nSPS) is 13.8. The second kappa shape index (κ2) is 7.20. The minimum absolute atomic E-state index is 0.0789. The highest BCUT2D eigenvalue weighted by Gasteiger charge is 2.21. The Morgan fingerprint density at radius 1 is 1.08 bits per heavy atom. The number of halogens is 2. The first-order valence-electron chi connectivity index (χ1n) is 7.56. The Bertz CT molecular complexity index is 789. The summed E-state index contributed by atoms with van der Waals surface area (Å²) in [4.78, 5) is 30.6. The predicted octanol–water partition coefficient (Wildman–Crippen LogP) is 3.88. The number of carbonyl (C=O) groups is 2. The molecule has 1 fully saturated rings. The highest BCUT2D eigenvalue weighted by Crippen LogP contribution is 2.25. The van der Waals surface area contributed by atoms with E-state index in [1.165, 1.54) is 12.3 Å². The summed E-state index contributed by atoms with van der Waals surface area (Å²) >= 11 is 12.0. The molecular weight excluding hydrogens is 349 g/mol. The van der Waals surface area contributed by atoms with Crippen molar-refractivity contribution >= 4 is 40.7 Å². The van der Waals surface area contributed by atoms with Gasteiger partial charge >= 0.3 is 0 Å². The van der Waals surface area contributed by atoms with E-state index in [2.05, 4.69) is 10.3 Å². The van der Waals surface area contributed by atoms with E-state index in [-0.39, 0.29) is 11.6 Å². The molecule has 2 amide bonds. The van der Waals surface area contributed by atoms with Crippen LogP contribution in [-0.2, 0) is 0 Å². The van der Waals surface area contributed by atoms with E-state index in [0.29, 0.717) is 21.3 Å². The van der Waals surface area contributed by atoms with Gasteiger partial charge < -0.3 is 10.2 Å². The summed E-state index contributed by atoms with van der Waals surface area (Å²) in [6.07, 6.45) is 3.48. The number of hydrogen-bond donors (Lipinski definition) is 1. The van der Waals surface area contributed by atoms with E-state index in [1.54, 1.807) is 29.2 Å². The summed E-state index contributed by atoms with van der Waals surface area (Å²) in [6.45, 7) is 1.50. The molecule has 7 heteroatoms. The topological polar surface area (TPSA) is 62.3 Å². The van der Waals surface area contributed by atoms with Gasteiger partial charge in [0, 0.05) is 29.9 Å². The van der Waals surface area contributed by atoms with Crippen molar-refractivity contribution in [3.63, 3.8) is 0 Å². The number of anilines is 1. The van der Waals surface area contributed by atoms with Gasteiger partial charge in [-0.25, -0.2) is 0 Å². The molecule has 124 valence electrons. The molecule has 24 heavy (non-hydrogen) atoms. The van der Waals surface area contributed by atoms with Gasteiger partial charge in [0.15, 0.2) is 0 Å². The van der Waals surface area contributed by atoms with Gasteiger partial charge in [-0.1, -0.05) is 23.2 Å². The monoisotopic (exact) mass is 363 g/mol. The molecule has 0 spiro atoms. The third-order valence-corrected chi connectivity index (χ3v) is 4.37.